The lowest BCUT2D eigenvalue weighted by molar-refractivity contribution is -0.119. The second-order valence-corrected chi connectivity index (χ2v) is 7.65. The molecule has 158 valence electrons. The second-order valence-electron chi connectivity index (χ2n) is 7.65. The van der Waals surface area contributed by atoms with E-state index in [1.807, 2.05) is 32.0 Å². The summed E-state index contributed by atoms with van der Waals surface area (Å²) in [7, 11) is 0. The van der Waals surface area contributed by atoms with Crippen molar-refractivity contribution in [1.82, 2.24) is 0 Å². The Morgan fingerprint density at radius 1 is 1.06 bits per heavy atom. The molecule has 2 heterocycles. The summed E-state index contributed by atoms with van der Waals surface area (Å²) in [5.41, 5.74) is 9.43. The number of fused-ring (bicyclic) bond motifs is 1. The average molecular weight is 417 g/mol. The van der Waals surface area contributed by atoms with E-state index in [4.69, 9.17) is 10.2 Å². The summed E-state index contributed by atoms with van der Waals surface area (Å²) in [4.78, 5) is 42.2. The van der Waals surface area contributed by atoms with Gasteiger partial charge in [0.05, 0.1) is 30.7 Å². The predicted octanol–water partition coefficient (Wildman–Crippen LogP) is 3.10. The summed E-state index contributed by atoms with van der Waals surface area (Å²) in [6, 6.07) is 14.8. The first-order valence-corrected chi connectivity index (χ1v) is 9.98. The molecule has 0 saturated carbocycles. The molecule has 7 nitrogen and oxygen atoms in total. The van der Waals surface area contributed by atoms with E-state index in [2.05, 4.69) is 0 Å². The third kappa shape index (κ3) is 3.87. The maximum atomic E-state index is 13.2. The third-order valence-electron chi connectivity index (χ3n) is 5.40. The number of rotatable bonds is 4. The molecule has 1 unspecified atom stereocenters. The van der Waals surface area contributed by atoms with Crippen LogP contribution >= 0.6 is 0 Å². The number of hydrogen-bond acceptors (Lipinski definition) is 5. The Morgan fingerprint density at radius 2 is 1.84 bits per heavy atom. The molecule has 1 atom stereocenters. The molecule has 31 heavy (non-hydrogen) atoms. The summed E-state index contributed by atoms with van der Waals surface area (Å²) < 4.78 is 5.27. The molecule has 7 heteroatoms. The molecule has 2 aromatic carbocycles. The van der Waals surface area contributed by atoms with E-state index < -0.39 is 17.9 Å². The van der Waals surface area contributed by atoms with E-state index in [9.17, 15) is 14.4 Å². The molecule has 0 fully saturated rings. The minimum atomic E-state index is -0.990. The summed E-state index contributed by atoms with van der Waals surface area (Å²) in [5.74, 6) is -0.860. The van der Waals surface area contributed by atoms with E-state index in [1.54, 1.807) is 36.4 Å². The fourth-order valence-corrected chi connectivity index (χ4v) is 3.77. The molecular weight excluding hydrogens is 394 g/mol. The molecule has 1 aliphatic rings. The van der Waals surface area contributed by atoms with E-state index in [1.165, 1.54) is 16.1 Å². The van der Waals surface area contributed by atoms with E-state index >= 15 is 0 Å². The number of benzene rings is 2. The molecular formula is C24H23N3O4. The normalized spacial score (nSPS) is 16.1. The van der Waals surface area contributed by atoms with E-state index in [-0.39, 0.29) is 24.6 Å². The van der Waals surface area contributed by atoms with Crippen molar-refractivity contribution < 1.29 is 18.8 Å². The van der Waals surface area contributed by atoms with Crippen molar-refractivity contribution >= 4 is 29.0 Å². The number of nitrogens with zero attached hydrogens (tertiary/aromatic N) is 2. The third-order valence-corrected chi connectivity index (χ3v) is 5.40. The van der Waals surface area contributed by atoms with Crippen molar-refractivity contribution in [3.8, 4) is 0 Å². The fourth-order valence-electron chi connectivity index (χ4n) is 3.77. The quantitative estimate of drug-likeness (QED) is 0.658. The van der Waals surface area contributed by atoms with Crippen LogP contribution in [0.25, 0.3) is 0 Å². The molecule has 4 rings (SSSR count). The number of anilines is 2. The zero-order valence-electron chi connectivity index (χ0n) is 17.4. The molecule has 0 aliphatic carbocycles. The van der Waals surface area contributed by atoms with Crippen molar-refractivity contribution in [3.05, 3.63) is 83.3 Å². The topological polar surface area (TPSA) is 96.9 Å². The average Bonchev–Trinajstić information content (AvgIpc) is 3.27. The molecule has 0 spiro atoms. The highest BCUT2D eigenvalue weighted by atomic mass is 16.3. The van der Waals surface area contributed by atoms with E-state index in [0.717, 1.165) is 11.1 Å². The number of Topliss-reactive ketones (excluding diaryl/α,β-unsaturated/α-hetero) is 1. The monoisotopic (exact) mass is 417 g/mol. The van der Waals surface area contributed by atoms with Gasteiger partial charge in [0.2, 0.25) is 5.91 Å². The van der Waals surface area contributed by atoms with Crippen molar-refractivity contribution in [2.45, 2.75) is 19.9 Å². The van der Waals surface area contributed by atoms with Crippen LogP contribution in [0.5, 0.6) is 0 Å². The van der Waals surface area contributed by atoms with Gasteiger partial charge in [0, 0.05) is 5.56 Å². The SMILES string of the molecule is Cc1ccc2c(c1)N(CC(=O)c1ccccc1C)C(=O)C(N)CN2C(=O)c1ccco1. The predicted molar refractivity (Wildman–Crippen MR) is 117 cm³/mol. The summed E-state index contributed by atoms with van der Waals surface area (Å²) in [5, 5.41) is 0. The number of aryl methyl sites for hydroxylation is 2. The van der Waals surface area contributed by atoms with Crippen molar-refractivity contribution in [1.29, 1.82) is 0 Å². The van der Waals surface area contributed by atoms with E-state index in [0.29, 0.717) is 16.9 Å². The highest BCUT2D eigenvalue weighted by Crippen LogP contribution is 2.35. The van der Waals surface area contributed by atoms with Crippen LogP contribution in [-0.4, -0.2) is 36.7 Å². The van der Waals surface area contributed by atoms with Crippen LogP contribution in [0.2, 0.25) is 0 Å². The summed E-state index contributed by atoms with van der Waals surface area (Å²) in [6.45, 7) is 3.54. The number of furan rings is 1. The Hall–Kier alpha value is -3.71. The first kappa shape index (κ1) is 20.6. The van der Waals surface area contributed by atoms with Crippen molar-refractivity contribution in [2.75, 3.05) is 22.9 Å². The van der Waals surface area contributed by atoms with Crippen LogP contribution in [0.15, 0.2) is 65.3 Å². The highest BCUT2D eigenvalue weighted by molar-refractivity contribution is 6.14. The second kappa shape index (κ2) is 8.20. The molecule has 1 aromatic heterocycles. The smallest absolute Gasteiger partial charge is 0.294 e. The zero-order valence-corrected chi connectivity index (χ0v) is 17.4. The Morgan fingerprint density at radius 3 is 2.55 bits per heavy atom. The van der Waals surface area contributed by atoms with Gasteiger partial charge in [-0.2, -0.15) is 0 Å². The van der Waals surface area contributed by atoms with Gasteiger partial charge in [-0.1, -0.05) is 30.3 Å². The molecule has 0 bridgehead atoms. The molecule has 2 N–H and O–H groups in total. The van der Waals surface area contributed by atoms with Gasteiger partial charge in [-0.05, 0) is 49.2 Å². The van der Waals surface area contributed by atoms with Crippen LogP contribution in [0, 0.1) is 13.8 Å². The van der Waals surface area contributed by atoms with Crippen molar-refractivity contribution in [3.63, 3.8) is 0 Å². The fraction of sp³-hybridized carbons (Fsp3) is 0.208. The number of hydrogen-bond donors (Lipinski definition) is 1. The summed E-state index contributed by atoms with van der Waals surface area (Å²) in [6.07, 6.45) is 1.42. The maximum Gasteiger partial charge on any atom is 0.294 e. The van der Waals surface area contributed by atoms with Crippen LogP contribution in [0.4, 0.5) is 11.4 Å². The van der Waals surface area contributed by atoms with Gasteiger partial charge < -0.3 is 20.0 Å². The van der Waals surface area contributed by atoms with Gasteiger partial charge in [0.1, 0.15) is 6.04 Å². The summed E-state index contributed by atoms with van der Waals surface area (Å²) >= 11 is 0. The standard InChI is InChI=1S/C24H23N3O4/c1-15-9-10-19-20(12-15)27(14-21(28)17-7-4-3-6-16(17)2)23(29)18(25)13-26(19)24(30)22-8-5-11-31-22/h3-12,18H,13-14,25H2,1-2H3. The van der Waals surface area contributed by atoms with Crippen LogP contribution in [0.1, 0.15) is 32.0 Å². The molecule has 3 aromatic rings. The number of carbonyl (C=O) groups excluding carboxylic acids is 3. The van der Waals surface area contributed by atoms with Gasteiger partial charge in [-0.15, -0.1) is 0 Å². The number of ketones is 1. The Kier molecular flexibility index (Phi) is 5.44. The van der Waals surface area contributed by atoms with Gasteiger partial charge in [-0.25, -0.2) is 0 Å². The Labute approximate surface area is 180 Å². The van der Waals surface area contributed by atoms with Gasteiger partial charge in [-0.3, -0.25) is 14.4 Å². The largest absolute Gasteiger partial charge is 0.459 e. The minimum absolute atomic E-state index is 0.0243. The first-order chi connectivity index (χ1) is 14.9. The zero-order chi connectivity index (χ0) is 22.1. The number of amides is 2. The van der Waals surface area contributed by atoms with Crippen molar-refractivity contribution in [2.24, 2.45) is 5.73 Å². The Balaban J connectivity index is 1.77. The van der Waals surface area contributed by atoms with Crippen LogP contribution in [0.3, 0.4) is 0 Å². The molecule has 0 saturated heterocycles. The number of nitrogens with two attached hydrogens (primary N) is 1. The highest BCUT2D eigenvalue weighted by Gasteiger charge is 2.36. The Bertz CT molecular complexity index is 1150. The lowest BCUT2D eigenvalue weighted by atomic mass is 10.0. The molecule has 2 amide bonds. The van der Waals surface area contributed by atoms with Gasteiger partial charge in [0.25, 0.3) is 5.91 Å². The number of carbonyl (C=O) groups is 3. The van der Waals surface area contributed by atoms with Gasteiger partial charge in [0.15, 0.2) is 11.5 Å². The van der Waals surface area contributed by atoms with Crippen LogP contribution < -0.4 is 15.5 Å². The molecule has 1 aliphatic heterocycles. The van der Waals surface area contributed by atoms with Gasteiger partial charge >= 0.3 is 0 Å². The molecule has 0 radical (unpaired) electrons. The first-order valence-electron chi connectivity index (χ1n) is 9.98. The van der Waals surface area contributed by atoms with Crippen LogP contribution in [-0.2, 0) is 4.79 Å². The lowest BCUT2D eigenvalue weighted by Gasteiger charge is -2.25. The minimum Gasteiger partial charge on any atom is -0.459 e. The lowest BCUT2D eigenvalue weighted by Crippen LogP contribution is -2.49. The maximum absolute atomic E-state index is 13.2.